The summed E-state index contributed by atoms with van der Waals surface area (Å²) in [5.41, 5.74) is 1.80. The van der Waals surface area contributed by atoms with Crippen LogP contribution in [0, 0.1) is 6.92 Å². The molecule has 3 rings (SSSR count). The summed E-state index contributed by atoms with van der Waals surface area (Å²) >= 11 is 12.3. The molecule has 0 aliphatic carbocycles. The maximum atomic E-state index is 14.0. The molecule has 0 bridgehead atoms. The van der Waals surface area contributed by atoms with Crippen molar-refractivity contribution < 1.29 is 22.7 Å². The molecule has 0 spiro atoms. The van der Waals surface area contributed by atoms with Crippen LogP contribution in [0.4, 0.5) is 5.69 Å². The molecule has 2 amide bonds. The molecule has 3 aromatic carbocycles. The van der Waals surface area contributed by atoms with E-state index in [1.165, 1.54) is 24.1 Å². The third-order valence-corrected chi connectivity index (χ3v) is 9.28. The number of sulfonamides is 1. The monoisotopic (exact) mass is 619 g/mol. The number of anilines is 1. The SMILES string of the molecule is CC[C@@H](C)NC(=O)[C@@H](C)N(Cc1ccc(Cl)c(Cl)c1)C(=O)CN(c1ccc(OC)cc1)S(=O)(=O)c1ccc(C)cc1. The van der Waals surface area contributed by atoms with Crippen LogP contribution in [0.15, 0.2) is 71.6 Å². The molecule has 11 heteroatoms. The van der Waals surface area contributed by atoms with Gasteiger partial charge >= 0.3 is 0 Å². The fourth-order valence-electron chi connectivity index (χ4n) is 4.00. The Balaban J connectivity index is 2.04. The number of amides is 2. The number of hydrogen-bond donors (Lipinski definition) is 1. The van der Waals surface area contributed by atoms with Crippen LogP contribution < -0.4 is 14.4 Å². The van der Waals surface area contributed by atoms with Crippen LogP contribution >= 0.6 is 23.2 Å². The van der Waals surface area contributed by atoms with Crippen LogP contribution in [0.2, 0.25) is 10.0 Å². The molecule has 1 N–H and O–H groups in total. The molecule has 8 nitrogen and oxygen atoms in total. The second-order valence-corrected chi connectivity index (χ2v) is 12.5. The molecular formula is C30H35Cl2N3O5S. The Morgan fingerprint density at radius 3 is 2.15 bits per heavy atom. The lowest BCUT2D eigenvalue weighted by molar-refractivity contribution is -0.139. The Hall–Kier alpha value is -3.27. The Kier molecular flexibility index (Phi) is 11.1. The molecule has 0 saturated heterocycles. The zero-order valence-electron chi connectivity index (χ0n) is 23.7. The summed E-state index contributed by atoms with van der Waals surface area (Å²) < 4.78 is 34.1. The minimum atomic E-state index is -4.17. The van der Waals surface area contributed by atoms with Crippen LogP contribution in [0.3, 0.4) is 0 Å². The molecule has 220 valence electrons. The summed E-state index contributed by atoms with van der Waals surface area (Å²) in [6.07, 6.45) is 0.708. The highest BCUT2D eigenvalue weighted by atomic mass is 35.5. The summed E-state index contributed by atoms with van der Waals surface area (Å²) in [5.74, 6) is -0.399. The zero-order valence-corrected chi connectivity index (χ0v) is 26.1. The number of nitrogens with zero attached hydrogens (tertiary/aromatic N) is 2. The summed E-state index contributed by atoms with van der Waals surface area (Å²) in [4.78, 5) is 28.5. The van der Waals surface area contributed by atoms with Gasteiger partial charge in [0, 0.05) is 12.6 Å². The van der Waals surface area contributed by atoms with E-state index in [-0.39, 0.29) is 29.1 Å². The van der Waals surface area contributed by atoms with Crippen molar-refractivity contribution in [3.8, 4) is 5.75 Å². The van der Waals surface area contributed by atoms with Crippen molar-refractivity contribution in [2.45, 2.75) is 57.6 Å². The van der Waals surface area contributed by atoms with Gasteiger partial charge in [-0.05, 0) is 81.3 Å². The number of carbonyl (C=O) groups excluding carboxylic acids is 2. The van der Waals surface area contributed by atoms with Crippen molar-refractivity contribution in [2.75, 3.05) is 18.0 Å². The van der Waals surface area contributed by atoms with Crippen molar-refractivity contribution in [3.63, 3.8) is 0 Å². The van der Waals surface area contributed by atoms with E-state index in [9.17, 15) is 18.0 Å². The van der Waals surface area contributed by atoms with Gasteiger partial charge in [-0.3, -0.25) is 13.9 Å². The number of carbonyl (C=O) groups is 2. The van der Waals surface area contributed by atoms with E-state index >= 15 is 0 Å². The normalized spacial score (nSPS) is 12.8. The topological polar surface area (TPSA) is 96.0 Å². The quantitative estimate of drug-likeness (QED) is 0.275. The number of aryl methyl sites for hydroxylation is 1. The minimum absolute atomic E-state index is 0.00580. The van der Waals surface area contributed by atoms with E-state index in [4.69, 9.17) is 27.9 Å². The Labute approximate surface area is 252 Å². The Morgan fingerprint density at radius 2 is 1.59 bits per heavy atom. The summed E-state index contributed by atoms with van der Waals surface area (Å²) in [6, 6.07) is 16.7. The maximum absolute atomic E-state index is 14.0. The van der Waals surface area contributed by atoms with Crippen LogP contribution in [0.1, 0.15) is 38.3 Å². The minimum Gasteiger partial charge on any atom is -0.497 e. The number of rotatable bonds is 12. The second kappa shape index (κ2) is 14.1. The lowest BCUT2D eigenvalue weighted by Gasteiger charge is -2.32. The number of ether oxygens (including phenoxy) is 1. The Morgan fingerprint density at radius 1 is 0.951 bits per heavy atom. The number of hydrogen-bond acceptors (Lipinski definition) is 5. The molecule has 0 saturated carbocycles. The second-order valence-electron chi connectivity index (χ2n) is 9.79. The molecule has 0 aliphatic rings. The van der Waals surface area contributed by atoms with Crippen molar-refractivity contribution >= 4 is 50.7 Å². The van der Waals surface area contributed by atoms with Crippen molar-refractivity contribution in [1.29, 1.82) is 0 Å². The van der Waals surface area contributed by atoms with Crippen molar-refractivity contribution in [3.05, 3.63) is 87.9 Å². The molecule has 0 radical (unpaired) electrons. The number of nitrogens with one attached hydrogen (secondary N) is 1. The third-order valence-electron chi connectivity index (χ3n) is 6.75. The molecule has 0 aromatic heterocycles. The zero-order chi connectivity index (χ0) is 30.3. The molecule has 3 aromatic rings. The fraction of sp³-hybridized carbons (Fsp3) is 0.333. The predicted octanol–water partition coefficient (Wildman–Crippen LogP) is 5.84. The standard InChI is InChI=1S/C30H35Cl2N3O5S/c1-6-21(3)33-30(37)22(4)34(18-23-9-16-27(31)28(32)17-23)29(36)19-35(24-10-12-25(40-5)13-11-24)41(38,39)26-14-7-20(2)8-15-26/h7-17,21-22H,6,18-19H2,1-5H3,(H,33,37)/t21-,22-/m1/s1. The largest absolute Gasteiger partial charge is 0.497 e. The number of halogens is 2. The van der Waals surface area contributed by atoms with E-state index in [1.54, 1.807) is 61.5 Å². The van der Waals surface area contributed by atoms with Crippen molar-refractivity contribution in [1.82, 2.24) is 10.2 Å². The van der Waals surface area contributed by atoms with Gasteiger partial charge in [0.05, 0.1) is 27.7 Å². The van der Waals surface area contributed by atoms with Crippen LogP contribution in [0.5, 0.6) is 5.75 Å². The first kappa shape index (κ1) is 32.2. The van der Waals surface area contributed by atoms with Gasteiger partial charge in [-0.1, -0.05) is 53.9 Å². The Bertz CT molecular complexity index is 1460. The average Bonchev–Trinajstić information content (AvgIpc) is 2.96. The summed E-state index contributed by atoms with van der Waals surface area (Å²) in [7, 11) is -2.66. The van der Waals surface area contributed by atoms with Gasteiger partial charge < -0.3 is 15.0 Å². The first-order valence-electron chi connectivity index (χ1n) is 13.1. The lowest BCUT2D eigenvalue weighted by atomic mass is 10.1. The van der Waals surface area contributed by atoms with Gasteiger partial charge in [-0.2, -0.15) is 0 Å². The van der Waals surface area contributed by atoms with Crippen LogP contribution in [-0.4, -0.2) is 50.9 Å². The van der Waals surface area contributed by atoms with Gasteiger partial charge in [0.2, 0.25) is 11.8 Å². The molecule has 2 atom stereocenters. The smallest absolute Gasteiger partial charge is 0.264 e. The van der Waals surface area contributed by atoms with E-state index in [1.807, 2.05) is 20.8 Å². The van der Waals surface area contributed by atoms with E-state index in [0.717, 1.165) is 9.87 Å². The number of methoxy groups -OCH3 is 1. The highest BCUT2D eigenvalue weighted by molar-refractivity contribution is 7.92. The highest BCUT2D eigenvalue weighted by Gasteiger charge is 2.33. The average molecular weight is 621 g/mol. The van der Waals surface area contributed by atoms with Gasteiger partial charge in [0.1, 0.15) is 18.3 Å². The van der Waals surface area contributed by atoms with Gasteiger partial charge in [0.15, 0.2) is 0 Å². The van der Waals surface area contributed by atoms with Gasteiger partial charge in [-0.15, -0.1) is 0 Å². The molecule has 41 heavy (non-hydrogen) atoms. The van der Waals surface area contributed by atoms with E-state index < -0.39 is 28.5 Å². The van der Waals surface area contributed by atoms with Gasteiger partial charge in [0.25, 0.3) is 10.0 Å². The van der Waals surface area contributed by atoms with Crippen LogP contribution in [-0.2, 0) is 26.2 Å². The summed E-state index contributed by atoms with van der Waals surface area (Å²) in [5, 5.41) is 3.56. The maximum Gasteiger partial charge on any atom is 0.264 e. The molecule has 0 aliphatic heterocycles. The van der Waals surface area contributed by atoms with Gasteiger partial charge in [-0.25, -0.2) is 8.42 Å². The fourth-order valence-corrected chi connectivity index (χ4v) is 5.73. The first-order chi connectivity index (χ1) is 19.4. The van der Waals surface area contributed by atoms with E-state index in [0.29, 0.717) is 27.8 Å². The summed E-state index contributed by atoms with van der Waals surface area (Å²) in [6.45, 7) is 6.73. The first-order valence-corrected chi connectivity index (χ1v) is 15.3. The van der Waals surface area contributed by atoms with Crippen molar-refractivity contribution in [2.24, 2.45) is 0 Å². The molecular weight excluding hydrogens is 585 g/mol. The molecule has 0 heterocycles. The highest BCUT2D eigenvalue weighted by Crippen LogP contribution is 2.28. The molecule has 0 fully saturated rings. The van der Waals surface area contributed by atoms with E-state index in [2.05, 4.69) is 5.32 Å². The van der Waals surface area contributed by atoms with Crippen LogP contribution in [0.25, 0.3) is 0 Å². The third kappa shape index (κ3) is 8.15. The molecule has 0 unspecified atom stereocenters. The number of benzene rings is 3. The predicted molar refractivity (Wildman–Crippen MR) is 163 cm³/mol. The lowest BCUT2D eigenvalue weighted by Crippen LogP contribution is -2.52.